The van der Waals surface area contributed by atoms with Crippen LogP contribution in [0.3, 0.4) is 0 Å². The molecule has 5 heteroatoms. The zero-order valence-corrected chi connectivity index (χ0v) is 12.1. The van der Waals surface area contributed by atoms with Crippen LogP contribution in [0.2, 0.25) is 0 Å². The molecule has 1 heterocycles. The molecule has 0 aliphatic carbocycles. The zero-order chi connectivity index (χ0) is 15.7. The third-order valence-electron chi connectivity index (χ3n) is 3.75. The maximum atomic E-state index is 12.6. The molecule has 2 aromatic carbocycles. The summed E-state index contributed by atoms with van der Waals surface area (Å²) in [5.41, 5.74) is 2.35. The number of aryl methyl sites for hydroxylation is 1. The molecule has 3 aromatic rings. The van der Waals surface area contributed by atoms with Crippen LogP contribution in [0.25, 0.3) is 10.9 Å². The van der Waals surface area contributed by atoms with E-state index in [2.05, 4.69) is 5.10 Å². The van der Waals surface area contributed by atoms with Gasteiger partial charge in [0.2, 0.25) is 0 Å². The highest BCUT2D eigenvalue weighted by atomic mass is 19.4. The number of rotatable bonds is 3. The molecule has 22 heavy (non-hydrogen) atoms. The average molecular weight is 304 g/mol. The lowest BCUT2D eigenvalue weighted by Gasteiger charge is -2.08. The van der Waals surface area contributed by atoms with Crippen LogP contribution >= 0.6 is 0 Å². The Morgan fingerprint density at radius 3 is 2.41 bits per heavy atom. The van der Waals surface area contributed by atoms with E-state index in [1.165, 1.54) is 12.1 Å². The van der Waals surface area contributed by atoms with Gasteiger partial charge in [-0.05, 0) is 42.7 Å². The third-order valence-corrected chi connectivity index (χ3v) is 3.75. The van der Waals surface area contributed by atoms with Gasteiger partial charge in [-0.2, -0.15) is 18.3 Å². The first-order valence-corrected chi connectivity index (χ1v) is 7.08. The minimum atomic E-state index is -4.29. The fourth-order valence-corrected chi connectivity index (χ4v) is 2.60. The van der Waals surface area contributed by atoms with Gasteiger partial charge < -0.3 is 0 Å². The van der Waals surface area contributed by atoms with Crippen LogP contribution in [0, 0.1) is 0 Å². The number of aromatic nitrogens is 2. The van der Waals surface area contributed by atoms with Crippen LogP contribution < -0.4 is 0 Å². The standard InChI is InChI=1S/C17H15F3N2/c1-2-22-16-5-3-4-13(15(16)11-21-22)10-12-6-8-14(9-7-12)17(18,19)20/h3-9,11H,2,10H2,1H3. The van der Waals surface area contributed by atoms with Crippen molar-refractivity contribution in [3.63, 3.8) is 0 Å². The summed E-state index contributed by atoms with van der Waals surface area (Å²) in [6.45, 7) is 2.81. The number of hydrogen-bond donors (Lipinski definition) is 0. The molecule has 0 spiro atoms. The molecule has 0 radical (unpaired) electrons. The second-order valence-corrected chi connectivity index (χ2v) is 5.18. The van der Waals surface area contributed by atoms with Crippen LogP contribution in [-0.4, -0.2) is 9.78 Å². The van der Waals surface area contributed by atoms with E-state index < -0.39 is 11.7 Å². The molecule has 0 aliphatic heterocycles. The summed E-state index contributed by atoms with van der Waals surface area (Å²) in [6, 6.07) is 11.3. The predicted molar refractivity (Wildman–Crippen MR) is 79.7 cm³/mol. The van der Waals surface area contributed by atoms with Gasteiger partial charge in [0.25, 0.3) is 0 Å². The largest absolute Gasteiger partial charge is 0.416 e. The first-order chi connectivity index (χ1) is 10.5. The van der Waals surface area contributed by atoms with Crippen molar-refractivity contribution in [3.8, 4) is 0 Å². The van der Waals surface area contributed by atoms with E-state index >= 15 is 0 Å². The van der Waals surface area contributed by atoms with Crippen molar-refractivity contribution in [3.05, 3.63) is 65.4 Å². The topological polar surface area (TPSA) is 17.8 Å². The second-order valence-electron chi connectivity index (χ2n) is 5.18. The van der Waals surface area contributed by atoms with E-state index in [0.29, 0.717) is 6.42 Å². The molecule has 0 amide bonds. The first-order valence-electron chi connectivity index (χ1n) is 7.08. The lowest BCUT2D eigenvalue weighted by Crippen LogP contribution is -2.04. The molecular weight excluding hydrogens is 289 g/mol. The van der Waals surface area contributed by atoms with Gasteiger partial charge in [0.1, 0.15) is 0 Å². The average Bonchev–Trinajstić information content (AvgIpc) is 2.91. The maximum Gasteiger partial charge on any atom is 0.416 e. The van der Waals surface area contributed by atoms with Crippen molar-refractivity contribution in [2.45, 2.75) is 26.1 Å². The molecule has 0 aliphatic rings. The van der Waals surface area contributed by atoms with Gasteiger partial charge in [0.15, 0.2) is 0 Å². The van der Waals surface area contributed by atoms with Gasteiger partial charge in [0.05, 0.1) is 17.3 Å². The number of fused-ring (bicyclic) bond motifs is 1. The molecule has 0 saturated carbocycles. The van der Waals surface area contributed by atoms with E-state index in [1.54, 1.807) is 0 Å². The summed E-state index contributed by atoms with van der Waals surface area (Å²) in [5, 5.41) is 5.38. The quantitative estimate of drug-likeness (QED) is 0.688. The van der Waals surface area contributed by atoms with Gasteiger partial charge >= 0.3 is 6.18 Å². The molecular formula is C17H15F3N2. The minimum absolute atomic E-state index is 0.588. The first kappa shape index (κ1) is 14.6. The molecule has 0 atom stereocenters. The van der Waals surface area contributed by atoms with Crippen molar-refractivity contribution in [1.82, 2.24) is 9.78 Å². The van der Waals surface area contributed by atoms with Gasteiger partial charge in [-0.1, -0.05) is 24.3 Å². The Morgan fingerprint density at radius 2 is 1.77 bits per heavy atom. The van der Waals surface area contributed by atoms with Gasteiger partial charge in [0, 0.05) is 11.9 Å². The summed E-state index contributed by atoms with van der Waals surface area (Å²) in [7, 11) is 0. The lowest BCUT2D eigenvalue weighted by atomic mass is 10.0. The third kappa shape index (κ3) is 2.71. The van der Waals surface area contributed by atoms with E-state index in [1.807, 2.05) is 36.0 Å². The van der Waals surface area contributed by atoms with Crippen molar-refractivity contribution >= 4 is 10.9 Å². The van der Waals surface area contributed by atoms with E-state index in [-0.39, 0.29) is 0 Å². The van der Waals surface area contributed by atoms with Gasteiger partial charge in [-0.3, -0.25) is 4.68 Å². The Morgan fingerprint density at radius 1 is 1.05 bits per heavy atom. The van der Waals surface area contributed by atoms with Crippen LogP contribution in [0.5, 0.6) is 0 Å². The van der Waals surface area contributed by atoms with E-state index in [0.717, 1.165) is 40.7 Å². The smallest absolute Gasteiger partial charge is 0.265 e. The summed E-state index contributed by atoms with van der Waals surface area (Å²) in [6.07, 6.45) is -1.88. The minimum Gasteiger partial charge on any atom is -0.265 e. The molecule has 0 fully saturated rings. The summed E-state index contributed by atoms with van der Waals surface area (Å²) < 4.78 is 39.7. The molecule has 0 N–H and O–H groups in total. The van der Waals surface area contributed by atoms with Crippen LogP contribution in [0.15, 0.2) is 48.7 Å². The van der Waals surface area contributed by atoms with Crippen molar-refractivity contribution in [2.75, 3.05) is 0 Å². The molecule has 2 nitrogen and oxygen atoms in total. The Kier molecular flexibility index (Phi) is 3.64. The van der Waals surface area contributed by atoms with Crippen LogP contribution in [-0.2, 0) is 19.1 Å². The summed E-state index contributed by atoms with van der Waals surface area (Å²) in [4.78, 5) is 0. The van der Waals surface area contributed by atoms with Crippen molar-refractivity contribution < 1.29 is 13.2 Å². The van der Waals surface area contributed by atoms with Crippen molar-refractivity contribution in [2.24, 2.45) is 0 Å². The fraction of sp³-hybridized carbons (Fsp3) is 0.235. The molecule has 0 unspecified atom stereocenters. The lowest BCUT2D eigenvalue weighted by molar-refractivity contribution is -0.137. The number of alkyl halides is 3. The normalized spacial score (nSPS) is 12.0. The number of halogens is 3. The highest BCUT2D eigenvalue weighted by Gasteiger charge is 2.29. The van der Waals surface area contributed by atoms with Crippen LogP contribution in [0.1, 0.15) is 23.6 Å². The fourth-order valence-electron chi connectivity index (χ4n) is 2.60. The molecule has 0 saturated heterocycles. The summed E-state index contributed by atoms with van der Waals surface area (Å²) in [5.74, 6) is 0. The monoisotopic (exact) mass is 304 g/mol. The van der Waals surface area contributed by atoms with Crippen LogP contribution in [0.4, 0.5) is 13.2 Å². The number of benzene rings is 2. The Balaban J connectivity index is 1.92. The maximum absolute atomic E-state index is 12.6. The highest BCUT2D eigenvalue weighted by molar-refractivity contribution is 5.82. The highest BCUT2D eigenvalue weighted by Crippen LogP contribution is 2.29. The number of hydrogen-bond acceptors (Lipinski definition) is 1. The van der Waals surface area contributed by atoms with Gasteiger partial charge in [-0.15, -0.1) is 0 Å². The Hall–Kier alpha value is -2.30. The van der Waals surface area contributed by atoms with E-state index in [9.17, 15) is 13.2 Å². The van der Waals surface area contributed by atoms with E-state index in [4.69, 9.17) is 0 Å². The SMILES string of the molecule is CCn1ncc2c(Cc3ccc(C(F)(F)F)cc3)cccc21. The second kappa shape index (κ2) is 5.48. The number of nitrogens with zero attached hydrogens (tertiary/aromatic N) is 2. The predicted octanol–water partition coefficient (Wildman–Crippen LogP) is 4.67. The molecule has 3 rings (SSSR count). The molecule has 1 aromatic heterocycles. The zero-order valence-electron chi connectivity index (χ0n) is 12.1. The Bertz CT molecular complexity index is 786. The molecule has 114 valence electrons. The summed E-state index contributed by atoms with van der Waals surface area (Å²) >= 11 is 0. The van der Waals surface area contributed by atoms with Gasteiger partial charge in [-0.25, -0.2) is 0 Å². The molecule has 0 bridgehead atoms. The Labute approximate surface area is 126 Å². The van der Waals surface area contributed by atoms with Crippen molar-refractivity contribution in [1.29, 1.82) is 0 Å².